The molecule has 0 bridgehead atoms. The van der Waals surface area contributed by atoms with Crippen molar-refractivity contribution >= 4 is 11.9 Å². The van der Waals surface area contributed by atoms with Crippen molar-refractivity contribution in [2.24, 2.45) is 16.6 Å². The smallest absolute Gasteiger partial charge is 0.221 e. The van der Waals surface area contributed by atoms with E-state index in [1.807, 2.05) is 6.92 Å². The molecule has 1 aliphatic heterocycles. The Morgan fingerprint density at radius 3 is 2.93 bits per heavy atom. The van der Waals surface area contributed by atoms with E-state index in [-0.39, 0.29) is 29.5 Å². The van der Waals surface area contributed by atoms with E-state index >= 15 is 0 Å². The molecular formula is C20H32FN5O2. The summed E-state index contributed by atoms with van der Waals surface area (Å²) in [6.45, 7) is 5.83. The minimum atomic E-state index is -0.367. The number of hydrogen-bond donors (Lipinski definition) is 3. The van der Waals surface area contributed by atoms with Crippen LogP contribution in [-0.4, -0.2) is 62.6 Å². The Balaban J connectivity index is 1.63. The molecule has 1 aliphatic rings. The van der Waals surface area contributed by atoms with Crippen molar-refractivity contribution in [1.82, 2.24) is 15.5 Å². The Morgan fingerprint density at radius 1 is 1.43 bits per heavy atom. The van der Waals surface area contributed by atoms with Crippen molar-refractivity contribution in [3.05, 3.63) is 30.1 Å². The van der Waals surface area contributed by atoms with Crippen LogP contribution in [0.25, 0.3) is 0 Å². The SMILES string of the molecule is CN=C(NCCCN1CCCC(C(N)=O)C1)NCC(C)Oc1ccccc1F. The predicted molar refractivity (Wildman–Crippen MR) is 109 cm³/mol. The van der Waals surface area contributed by atoms with Gasteiger partial charge in [0.05, 0.1) is 12.5 Å². The molecular weight excluding hydrogens is 361 g/mol. The summed E-state index contributed by atoms with van der Waals surface area (Å²) in [6, 6.07) is 6.37. The van der Waals surface area contributed by atoms with Gasteiger partial charge >= 0.3 is 0 Å². The molecule has 1 aromatic carbocycles. The van der Waals surface area contributed by atoms with Crippen molar-refractivity contribution in [1.29, 1.82) is 0 Å². The number of para-hydroxylation sites is 1. The third kappa shape index (κ3) is 7.34. The van der Waals surface area contributed by atoms with Gasteiger partial charge in [-0.1, -0.05) is 12.1 Å². The summed E-state index contributed by atoms with van der Waals surface area (Å²) >= 11 is 0. The zero-order valence-electron chi connectivity index (χ0n) is 16.8. The molecule has 0 saturated carbocycles. The second kappa shape index (κ2) is 11.5. The van der Waals surface area contributed by atoms with Gasteiger partial charge in [-0.2, -0.15) is 0 Å². The standard InChI is InChI=1S/C20H32FN5O2/c1-15(28-18-9-4-3-8-17(18)21)13-25-20(23-2)24-10-6-12-26-11-5-7-16(14-26)19(22)27/h3-4,8-9,15-16H,5-7,10-14H2,1-2H3,(H2,22,27)(H2,23,24,25). The van der Waals surface area contributed by atoms with Gasteiger partial charge in [0.2, 0.25) is 5.91 Å². The monoisotopic (exact) mass is 393 g/mol. The van der Waals surface area contributed by atoms with Crippen LogP contribution in [0.3, 0.4) is 0 Å². The first-order valence-corrected chi connectivity index (χ1v) is 9.87. The van der Waals surface area contributed by atoms with Gasteiger partial charge in [-0.15, -0.1) is 0 Å². The number of nitrogens with two attached hydrogens (primary N) is 1. The Labute approximate surface area is 166 Å². The first-order chi connectivity index (χ1) is 13.5. The minimum Gasteiger partial charge on any atom is -0.486 e. The third-order valence-corrected chi connectivity index (χ3v) is 4.80. The second-order valence-electron chi connectivity index (χ2n) is 7.13. The Kier molecular flexibility index (Phi) is 9.00. The van der Waals surface area contributed by atoms with Crippen LogP contribution in [0.4, 0.5) is 4.39 Å². The molecule has 7 nitrogen and oxygen atoms in total. The van der Waals surface area contributed by atoms with Crippen LogP contribution in [0.1, 0.15) is 26.2 Å². The van der Waals surface area contributed by atoms with E-state index in [2.05, 4.69) is 20.5 Å². The molecule has 0 radical (unpaired) electrons. The lowest BCUT2D eigenvalue weighted by Gasteiger charge is -2.31. The number of halogens is 1. The quantitative estimate of drug-likeness (QED) is 0.335. The lowest BCUT2D eigenvalue weighted by Crippen LogP contribution is -2.44. The number of amides is 1. The van der Waals surface area contributed by atoms with Crippen LogP contribution in [0, 0.1) is 11.7 Å². The van der Waals surface area contributed by atoms with Gasteiger partial charge in [0, 0.05) is 20.1 Å². The number of carbonyl (C=O) groups excluding carboxylic acids is 1. The van der Waals surface area contributed by atoms with E-state index in [0.717, 1.165) is 45.4 Å². The van der Waals surface area contributed by atoms with Gasteiger partial charge < -0.3 is 26.0 Å². The fourth-order valence-corrected chi connectivity index (χ4v) is 3.26. The van der Waals surface area contributed by atoms with Gasteiger partial charge in [0.15, 0.2) is 17.5 Å². The van der Waals surface area contributed by atoms with E-state index in [1.54, 1.807) is 25.2 Å². The molecule has 1 fully saturated rings. The lowest BCUT2D eigenvalue weighted by atomic mass is 9.97. The Bertz CT molecular complexity index is 655. The number of likely N-dealkylation sites (tertiary alicyclic amines) is 1. The molecule has 2 atom stereocenters. The number of nitrogens with zero attached hydrogens (tertiary/aromatic N) is 2. The largest absolute Gasteiger partial charge is 0.486 e. The van der Waals surface area contributed by atoms with Crippen LogP contribution < -0.4 is 21.1 Å². The van der Waals surface area contributed by atoms with Crippen molar-refractivity contribution < 1.29 is 13.9 Å². The average Bonchev–Trinajstić information content (AvgIpc) is 2.69. The number of rotatable bonds is 9. The maximum Gasteiger partial charge on any atom is 0.221 e. The molecule has 1 heterocycles. The molecule has 156 valence electrons. The lowest BCUT2D eigenvalue weighted by molar-refractivity contribution is -0.123. The number of carbonyl (C=O) groups is 1. The van der Waals surface area contributed by atoms with Crippen LogP contribution in [0.5, 0.6) is 5.75 Å². The van der Waals surface area contributed by atoms with Crippen LogP contribution >= 0.6 is 0 Å². The fourth-order valence-electron chi connectivity index (χ4n) is 3.26. The van der Waals surface area contributed by atoms with Crippen molar-refractivity contribution in [3.8, 4) is 5.75 Å². The third-order valence-electron chi connectivity index (χ3n) is 4.80. The van der Waals surface area contributed by atoms with Crippen molar-refractivity contribution in [3.63, 3.8) is 0 Å². The normalized spacial score (nSPS) is 19.1. The summed E-state index contributed by atoms with van der Waals surface area (Å²) in [5.41, 5.74) is 5.42. The highest BCUT2D eigenvalue weighted by Crippen LogP contribution is 2.17. The Morgan fingerprint density at radius 2 is 2.21 bits per heavy atom. The van der Waals surface area contributed by atoms with Gasteiger partial charge in [-0.3, -0.25) is 9.79 Å². The molecule has 4 N–H and O–H groups in total. The van der Waals surface area contributed by atoms with E-state index in [4.69, 9.17) is 10.5 Å². The second-order valence-corrected chi connectivity index (χ2v) is 7.13. The van der Waals surface area contributed by atoms with Crippen LogP contribution in [0.2, 0.25) is 0 Å². The summed E-state index contributed by atoms with van der Waals surface area (Å²) in [4.78, 5) is 17.8. The first-order valence-electron chi connectivity index (χ1n) is 9.87. The maximum atomic E-state index is 13.6. The topological polar surface area (TPSA) is 92.0 Å². The molecule has 1 saturated heterocycles. The van der Waals surface area contributed by atoms with E-state index in [0.29, 0.717) is 12.5 Å². The highest BCUT2D eigenvalue weighted by molar-refractivity contribution is 5.79. The zero-order valence-corrected chi connectivity index (χ0v) is 16.8. The fraction of sp³-hybridized carbons (Fsp3) is 0.600. The molecule has 2 unspecified atom stereocenters. The van der Waals surface area contributed by atoms with Crippen molar-refractivity contribution in [2.75, 3.05) is 39.8 Å². The highest BCUT2D eigenvalue weighted by atomic mass is 19.1. The summed E-state index contributed by atoms with van der Waals surface area (Å²) < 4.78 is 19.2. The maximum absolute atomic E-state index is 13.6. The molecule has 2 rings (SSSR count). The number of aliphatic imine (C=N–C) groups is 1. The number of nitrogens with one attached hydrogen (secondary N) is 2. The van der Waals surface area contributed by atoms with Crippen LogP contribution in [-0.2, 0) is 4.79 Å². The minimum absolute atomic E-state index is 0.0212. The van der Waals surface area contributed by atoms with Crippen LogP contribution in [0.15, 0.2) is 29.3 Å². The number of primary amides is 1. The number of piperidine rings is 1. The first kappa shape index (κ1) is 21.9. The molecule has 8 heteroatoms. The number of hydrogen-bond acceptors (Lipinski definition) is 4. The van der Waals surface area contributed by atoms with Gasteiger partial charge in [0.25, 0.3) is 0 Å². The van der Waals surface area contributed by atoms with E-state index in [9.17, 15) is 9.18 Å². The average molecular weight is 394 g/mol. The number of ether oxygens (including phenoxy) is 1. The molecule has 28 heavy (non-hydrogen) atoms. The summed E-state index contributed by atoms with van der Waals surface area (Å²) in [6.07, 6.45) is 2.64. The Hall–Kier alpha value is -2.35. The van der Waals surface area contributed by atoms with E-state index < -0.39 is 0 Å². The van der Waals surface area contributed by atoms with Gasteiger partial charge in [0.1, 0.15) is 6.10 Å². The van der Waals surface area contributed by atoms with Crippen molar-refractivity contribution in [2.45, 2.75) is 32.3 Å². The van der Waals surface area contributed by atoms with Gasteiger partial charge in [-0.25, -0.2) is 4.39 Å². The molecule has 0 aliphatic carbocycles. The predicted octanol–water partition coefficient (Wildman–Crippen LogP) is 1.35. The van der Waals surface area contributed by atoms with E-state index in [1.165, 1.54) is 6.07 Å². The number of guanidine groups is 1. The van der Waals surface area contributed by atoms with Gasteiger partial charge in [-0.05, 0) is 51.4 Å². The summed E-state index contributed by atoms with van der Waals surface area (Å²) in [7, 11) is 1.71. The summed E-state index contributed by atoms with van der Waals surface area (Å²) in [5, 5.41) is 6.45. The highest BCUT2D eigenvalue weighted by Gasteiger charge is 2.23. The molecule has 1 amide bonds. The zero-order chi connectivity index (χ0) is 20.4. The molecule has 1 aromatic rings. The number of benzene rings is 1. The molecule has 0 spiro atoms. The molecule has 0 aromatic heterocycles. The summed E-state index contributed by atoms with van der Waals surface area (Å²) in [5.74, 6) is 0.340.